The summed E-state index contributed by atoms with van der Waals surface area (Å²) >= 11 is 0. The van der Waals surface area contributed by atoms with E-state index in [4.69, 9.17) is 0 Å². The van der Waals surface area contributed by atoms with Gasteiger partial charge in [-0.25, -0.2) is 4.68 Å². The molecule has 1 N–H and O–H groups in total. The van der Waals surface area contributed by atoms with Crippen LogP contribution in [0.5, 0.6) is 0 Å². The molecule has 0 aliphatic rings. The van der Waals surface area contributed by atoms with Gasteiger partial charge in [-0.2, -0.15) is 5.10 Å². The molecule has 19 heavy (non-hydrogen) atoms. The SMILES string of the molecule is CCc1ccc(-n2ccc(CNCC(C)C)n2)cc1. The molecule has 0 atom stereocenters. The standard InChI is InChI=1S/C16H23N3/c1-4-14-5-7-16(8-6-14)19-10-9-15(18-19)12-17-11-13(2)3/h5-10,13,17H,4,11-12H2,1-3H3. The van der Waals surface area contributed by atoms with Crippen molar-refractivity contribution in [3.63, 3.8) is 0 Å². The van der Waals surface area contributed by atoms with E-state index < -0.39 is 0 Å². The predicted octanol–water partition coefficient (Wildman–Crippen LogP) is 3.18. The van der Waals surface area contributed by atoms with Crippen LogP contribution in [0.25, 0.3) is 5.69 Å². The lowest BCUT2D eigenvalue weighted by Crippen LogP contribution is -2.19. The lowest BCUT2D eigenvalue weighted by Gasteiger charge is -2.05. The quantitative estimate of drug-likeness (QED) is 0.861. The average Bonchev–Trinajstić information content (AvgIpc) is 2.87. The summed E-state index contributed by atoms with van der Waals surface area (Å²) in [5.41, 5.74) is 3.56. The lowest BCUT2D eigenvalue weighted by molar-refractivity contribution is 0.546. The van der Waals surface area contributed by atoms with Crippen molar-refractivity contribution in [3.05, 3.63) is 47.8 Å². The van der Waals surface area contributed by atoms with Gasteiger partial charge in [0.05, 0.1) is 11.4 Å². The van der Waals surface area contributed by atoms with Gasteiger partial charge in [0.1, 0.15) is 0 Å². The molecule has 0 aliphatic heterocycles. The van der Waals surface area contributed by atoms with E-state index in [1.807, 2.05) is 10.9 Å². The Balaban J connectivity index is 1.99. The van der Waals surface area contributed by atoms with Crippen molar-refractivity contribution in [2.45, 2.75) is 33.7 Å². The number of nitrogens with zero attached hydrogens (tertiary/aromatic N) is 2. The highest BCUT2D eigenvalue weighted by Gasteiger charge is 2.01. The molecule has 2 rings (SSSR count). The van der Waals surface area contributed by atoms with Crippen molar-refractivity contribution >= 4 is 0 Å². The number of benzene rings is 1. The Hall–Kier alpha value is -1.61. The van der Waals surface area contributed by atoms with Crippen LogP contribution < -0.4 is 5.32 Å². The summed E-state index contributed by atoms with van der Waals surface area (Å²) in [5.74, 6) is 0.670. The van der Waals surface area contributed by atoms with Gasteiger partial charge in [0.25, 0.3) is 0 Å². The second-order valence-electron chi connectivity index (χ2n) is 5.30. The van der Waals surface area contributed by atoms with Crippen LogP contribution in [0.3, 0.4) is 0 Å². The van der Waals surface area contributed by atoms with Crippen LogP contribution in [0.1, 0.15) is 32.0 Å². The Morgan fingerprint density at radius 2 is 1.89 bits per heavy atom. The Labute approximate surface area is 115 Å². The molecule has 0 bridgehead atoms. The first-order valence-corrected chi connectivity index (χ1v) is 7.03. The summed E-state index contributed by atoms with van der Waals surface area (Å²) < 4.78 is 1.94. The van der Waals surface area contributed by atoms with Crippen molar-refractivity contribution in [1.29, 1.82) is 0 Å². The third-order valence-corrected chi connectivity index (χ3v) is 3.11. The van der Waals surface area contributed by atoms with Crippen LogP contribution in [0, 0.1) is 5.92 Å². The topological polar surface area (TPSA) is 29.9 Å². The van der Waals surface area contributed by atoms with Crippen molar-refractivity contribution in [2.24, 2.45) is 5.92 Å². The van der Waals surface area contributed by atoms with Crippen molar-refractivity contribution in [2.75, 3.05) is 6.54 Å². The van der Waals surface area contributed by atoms with Gasteiger partial charge in [0.2, 0.25) is 0 Å². The van der Waals surface area contributed by atoms with Crippen molar-refractivity contribution in [1.82, 2.24) is 15.1 Å². The zero-order chi connectivity index (χ0) is 13.7. The number of nitrogens with one attached hydrogen (secondary N) is 1. The molecule has 0 aliphatic carbocycles. The zero-order valence-electron chi connectivity index (χ0n) is 12.1. The predicted molar refractivity (Wildman–Crippen MR) is 79.5 cm³/mol. The van der Waals surface area contributed by atoms with Gasteiger partial charge in [-0.1, -0.05) is 32.9 Å². The summed E-state index contributed by atoms with van der Waals surface area (Å²) in [5, 5.41) is 8.00. The molecule has 1 heterocycles. The van der Waals surface area contributed by atoms with E-state index in [0.717, 1.165) is 30.9 Å². The van der Waals surface area contributed by atoms with Gasteiger partial charge < -0.3 is 5.32 Å². The van der Waals surface area contributed by atoms with Crippen LogP contribution >= 0.6 is 0 Å². The largest absolute Gasteiger partial charge is 0.311 e. The van der Waals surface area contributed by atoms with E-state index in [1.165, 1.54) is 5.56 Å². The van der Waals surface area contributed by atoms with Gasteiger partial charge in [-0.15, -0.1) is 0 Å². The van der Waals surface area contributed by atoms with Gasteiger partial charge in [-0.3, -0.25) is 0 Å². The fourth-order valence-corrected chi connectivity index (χ4v) is 1.97. The van der Waals surface area contributed by atoms with Crippen LogP contribution in [-0.4, -0.2) is 16.3 Å². The molecule has 2 aromatic rings. The molecule has 0 spiro atoms. The minimum atomic E-state index is 0.670. The van der Waals surface area contributed by atoms with Gasteiger partial charge >= 0.3 is 0 Å². The molecule has 0 fully saturated rings. The highest BCUT2D eigenvalue weighted by atomic mass is 15.3. The second-order valence-corrected chi connectivity index (χ2v) is 5.30. The number of rotatable bonds is 6. The minimum absolute atomic E-state index is 0.670. The summed E-state index contributed by atoms with van der Waals surface area (Å²) in [6.45, 7) is 8.44. The molecule has 1 aromatic carbocycles. The third-order valence-electron chi connectivity index (χ3n) is 3.11. The van der Waals surface area contributed by atoms with E-state index in [0.29, 0.717) is 5.92 Å². The Kier molecular flexibility index (Phi) is 4.74. The van der Waals surface area contributed by atoms with Crippen LogP contribution in [0.4, 0.5) is 0 Å². The van der Waals surface area contributed by atoms with Crippen LogP contribution in [0.15, 0.2) is 36.5 Å². The van der Waals surface area contributed by atoms with E-state index in [1.54, 1.807) is 0 Å². The number of aromatic nitrogens is 2. The fourth-order valence-electron chi connectivity index (χ4n) is 1.97. The van der Waals surface area contributed by atoms with Gasteiger partial charge in [-0.05, 0) is 42.6 Å². The number of hydrogen-bond acceptors (Lipinski definition) is 2. The van der Waals surface area contributed by atoms with Crippen molar-refractivity contribution < 1.29 is 0 Å². The minimum Gasteiger partial charge on any atom is -0.311 e. The average molecular weight is 257 g/mol. The Morgan fingerprint density at radius 3 is 2.53 bits per heavy atom. The molecule has 1 aromatic heterocycles. The first-order valence-electron chi connectivity index (χ1n) is 7.03. The molecule has 3 nitrogen and oxygen atoms in total. The van der Waals surface area contributed by atoms with Crippen LogP contribution in [0.2, 0.25) is 0 Å². The summed E-state index contributed by atoms with van der Waals surface area (Å²) in [6.07, 6.45) is 3.09. The maximum atomic E-state index is 4.59. The molecule has 0 unspecified atom stereocenters. The van der Waals surface area contributed by atoms with Crippen LogP contribution in [-0.2, 0) is 13.0 Å². The summed E-state index contributed by atoms with van der Waals surface area (Å²) in [4.78, 5) is 0. The first kappa shape index (κ1) is 13.8. The maximum absolute atomic E-state index is 4.59. The monoisotopic (exact) mass is 257 g/mol. The molecular weight excluding hydrogens is 234 g/mol. The molecule has 3 heteroatoms. The lowest BCUT2D eigenvalue weighted by atomic mass is 10.1. The highest BCUT2D eigenvalue weighted by molar-refractivity contribution is 5.34. The number of hydrogen-bond donors (Lipinski definition) is 1. The van der Waals surface area contributed by atoms with Gasteiger partial charge in [0.15, 0.2) is 0 Å². The van der Waals surface area contributed by atoms with E-state index in [9.17, 15) is 0 Å². The van der Waals surface area contributed by atoms with Crippen molar-refractivity contribution in [3.8, 4) is 5.69 Å². The first-order chi connectivity index (χ1) is 9.19. The fraction of sp³-hybridized carbons (Fsp3) is 0.438. The second kappa shape index (κ2) is 6.53. The zero-order valence-corrected chi connectivity index (χ0v) is 12.1. The molecular formula is C16H23N3. The van der Waals surface area contributed by atoms with E-state index in [-0.39, 0.29) is 0 Å². The normalized spacial score (nSPS) is 11.2. The smallest absolute Gasteiger partial charge is 0.0766 e. The number of aryl methyl sites for hydroxylation is 1. The molecule has 0 saturated carbocycles. The maximum Gasteiger partial charge on any atom is 0.0766 e. The molecule has 0 amide bonds. The summed E-state index contributed by atoms with van der Waals surface area (Å²) in [7, 11) is 0. The highest BCUT2D eigenvalue weighted by Crippen LogP contribution is 2.10. The molecule has 0 saturated heterocycles. The summed E-state index contributed by atoms with van der Waals surface area (Å²) in [6, 6.07) is 10.6. The van der Waals surface area contributed by atoms with Gasteiger partial charge in [0, 0.05) is 12.7 Å². The molecule has 0 radical (unpaired) electrons. The Morgan fingerprint density at radius 1 is 1.16 bits per heavy atom. The van der Waals surface area contributed by atoms with E-state index in [2.05, 4.69) is 61.5 Å². The van der Waals surface area contributed by atoms with E-state index >= 15 is 0 Å². The third kappa shape index (κ3) is 3.93. The molecule has 102 valence electrons. The Bertz CT molecular complexity index is 497.